The van der Waals surface area contributed by atoms with Gasteiger partial charge >= 0.3 is 0 Å². The molecule has 9 heteroatoms. The first-order valence-corrected chi connectivity index (χ1v) is 12.4. The fourth-order valence-corrected chi connectivity index (χ4v) is 4.93. The van der Waals surface area contributed by atoms with Gasteiger partial charge in [-0.1, -0.05) is 41.6 Å². The van der Waals surface area contributed by atoms with E-state index in [4.69, 9.17) is 11.6 Å². The summed E-state index contributed by atoms with van der Waals surface area (Å²) in [5, 5.41) is 10.1. The molecule has 0 N–H and O–H groups in total. The summed E-state index contributed by atoms with van der Waals surface area (Å²) in [4.78, 5) is 21.3. The van der Waals surface area contributed by atoms with E-state index in [-0.39, 0.29) is 5.91 Å². The van der Waals surface area contributed by atoms with Gasteiger partial charge in [0.05, 0.1) is 5.75 Å². The third-order valence-corrected chi connectivity index (χ3v) is 6.90. The van der Waals surface area contributed by atoms with E-state index in [9.17, 15) is 4.79 Å². The molecule has 7 nitrogen and oxygen atoms in total. The Morgan fingerprint density at radius 2 is 1.56 bits per heavy atom. The summed E-state index contributed by atoms with van der Waals surface area (Å²) in [5.41, 5.74) is 2.98. The van der Waals surface area contributed by atoms with E-state index in [0.29, 0.717) is 34.8 Å². The van der Waals surface area contributed by atoms with Gasteiger partial charge in [-0.3, -0.25) is 14.3 Å². The number of hydrogen-bond donors (Lipinski definition) is 0. The molecule has 1 amide bonds. The first kappa shape index (κ1) is 22.4. The number of thioether (sulfide) groups is 1. The number of nitrogens with zero attached hydrogens (tertiary/aromatic N) is 6. The first-order valence-electron chi connectivity index (χ1n) is 11.0. The highest BCUT2D eigenvalue weighted by Gasteiger charge is 2.23. The third-order valence-electron chi connectivity index (χ3n) is 5.74. The van der Waals surface area contributed by atoms with Crippen molar-refractivity contribution in [1.29, 1.82) is 0 Å². The van der Waals surface area contributed by atoms with Crippen LogP contribution in [0.25, 0.3) is 17.1 Å². The number of carbonyl (C=O) groups excluding carboxylic acids is 1. The predicted molar refractivity (Wildman–Crippen MR) is 136 cm³/mol. The number of amides is 1. The quantitative estimate of drug-likeness (QED) is 0.373. The van der Waals surface area contributed by atoms with Gasteiger partial charge in [-0.15, -0.1) is 10.2 Å². The van der Waals surface area contributed by atoms with Crippen LogP contribution in [-0.2, 0) is 4.79 Å². The second-order valence-corrected chi connectivity index (χ2v) is 9.22. The molecular weight excluding hydrogens is 468 g/mol. The van der Waals surface area contributed by atoms with Crippen molar-refractivity contribution in [2.45, 2.75) is 5.16 Å². The predicted octanol–water partition coefficient (Wildman–Crippen LogP) is 4.42. The Kier molecular flexibility index (Phi) is 6.78. The first-order chi connectivity index (χ1) is 16.7. The van der Waals surface area contributed by atoms with Gasteiger partial charge in [0.15, 0.2) is 11.0 Å². The van der Waals surface area contributed by atoms with Crippen LogP contribution in [0, 0.1) is 0 Å². The van der Waals surface area contributed by atoms with Crippen molar-refractivity contribution in [3.05, 3.63) is 84.1 Å². The second-order valence-electron chi connectivity index (χ2n) is 7.85. The Hall–Kier alpha value is -3.36. The van der Waals surface area contributed by atoms with Gasteiger partial charge in [-0.05, 0) is 48.5 Å². The number of para-hydroxylation sites is 1. The summed E-state index contributed by atoms with van der Waals surface area (Å²) in [5.74, 6) is 1.10. The Morgan fingerprint density at radius 3 is 2.26 bits per heavy atom. The average Bonchev–Trinajstić information content (AvgIpc) is 3.33. The lowest BCUT2D eigenvalue weighted by molar-refractivity contribution is -0.128. The van der Waals surface area contributed by atoms with Crippen molar-refractivity contribution >= 4 is 35.0 Å². The molecule has 4 aromatic rings. The summed E-state index contributed by atoms with van der Waals surface area (Å²) < 4.78 is 1.96. The summed E-state index contributed by atoms with van der Waals surface area (Å²) in [7, 11) is 0. The summed E-state index contributed by atoms with van der Waals surface area (Å²) in [6.07, 6.45) is 3.45. The maximum atomic E-state index is 13.0. The molecule has 1 aliphatic rings. The highest BCUT2D eigenvalue weighted by atomic mass is 35.5. The van der Waals surface area contributed by atoms with E-state index in [0.717, 1.165) is 24.3 Å². The Bertz CT molecular complexity index is 1240. The van der Waals surface area contributed by atoms with Crippen molar-refractivity contribution in [2.24, 2.45) is 0 Å². The SMILES string of the molecule is O=C(CSc1nnc(-c2ccncc2)n1-c1ccc(Cl)cc1)N1CCN(c2ccccc2)CC1. The molecule has 0 atom stereocenters. The van der Waals surface area contributed by atoms with Crippen LogP contribution in [0.4, 0.5) is 5.69 Å². The molecule has 1 fully saturated rings. The van der Waals surface area contributed by atoms with Gasteiger partial charge in [-0.2, -0.15) is 0 Å². The van der Waals surface area contributed by atoms with E-state index >= 15 is 0 Å². The molecule has 0 unspecified atom stereocenters. The van der Waals surface area contributed by atoms with Gasteiger partial charge in [-0.25, -0.2) is 0 Å². The van der Waals surface area contributed by atoms with Crippen molar-refractivity contribution in [1.82, 2.24) is 24.6 Å². The smallest absolute Gasteiger partial charge is 0.233 e. The van der Waals surface area contributed by atoms with Crippen LogP contribution < -0.4 is 4.90 Å². The monoisotopic (exact) mass is 490 g/mol. The molecule has 0 spiro atoms. The van der Waals surface area contributed by atoms with Gasteiger partial charge in [0.25, 0.3) is 0 Å². The molecule has 0 saturated carbocycles. The van der Waals surface area contributed by atoms with Crippen LogP contribution >= 0.6 is 23.4 Å². The van der Waals surface area contributed by atoms with Crippen LogP contribution in [0.2, 0.25) is 5.02 Å². The minimum Gasteiger partial charge on any atom is -0.368 e. The number of piperazine rings is 1. The highest BCUT2D eigenvalue weighted by molar-refractivity contribution is 7.99. The molecule has 1 saturated heterocycles. The minimum atomic E-state index is 0.105. The molecule has 0 radical (unpaired) electrons. The van der Waals surface area contributed by atoms with E-state index in [1.165, 1.54) is 17.4 Å². The number of halogens is 1. The van der Waals surface area contributed by atoms with E-state index < -0.39 is 0 Å². The maximum absolute atomic E-state index is 13.0. The molecule has 2 aromatic carbocycles. The molecule has 1 aliphatic heterocycles. The lowest BCUT2D eigenvalue weighted by Crippen LogP contribution is -2.49. The number of carbonyl (C=O) groups is 1. The zero-order valence-corrected chi connectivity index (χ0v) is 20.0. The largest absolute Gasteiger partial charge is 0.368 e. The van der Waals surface area contributed by atoms with Gasteiger partial charge in [0.2, 0.25) is 5.91 Å². The lowest BCUT2D eigenvalue weighted by atomic mass is 10.2. The van der Waals surface area contributed by atoms with Crippen molar-refractivity contribution in [3.8, 4) is 17.1 Å². The zero-order valence-electron chi connectivity index (χ0n) is 18.4. The van der Waals surface area contributed by atoms with Gasteiger partial charge in [0.1, 0.15) is 0 Å². The molecule has 34 heavy (non-hydrogen) atoms. The Labute approximate surface area is 207 Å². The van der Waals surface area contributed by atoms with Crippen LogP contribution in [0.5, 0.6) is 0 Å². The fourth-order valence-electron chi connectivity index (χ4n) is 3.94. The highest BCUT2D eigenvalue weighted by Crippen LogP contribution is 2.28. The van der Waals surface area contributed by atoms with Crippen molar-refractivity contribution in [3.63, 3.8) is 0 Å². The third kappa shape index (κ3) is 4.93. The van der Waals surface area contributed by atoms with Crippen molar-refractivity contribution < 1.29 is 4.79 Å². The number of anilines is 1. The second kappa shape index (κ2) is 10.3. The standard InChI is InChI=1S/C25H23ClN6OS/c26-20-6-8-22(9-7-20)32-24(19-10-12-27-13-11-19)28-29-25(32)34-18-23(33)31-16-14-30(15-17-31)21-4-2-1-3-5-21/h1-13H,14-18H2. The van der Waals surface area contributed by atoms with Crippen LogP contribution in [0.1, 0.15) is 0 Å². The topological polar surface area (TPSA) is 67.2 Å². The molecule has 3 heterocycles. The van der Waals surface area contributed by atoms with Gasteiger partial charge in [0, 0.05) is 60.5 Å². The summed E-state index contributed by atoms with van der Waals surface area (Å²) >= 11 is 7.50. The number of aromatic nitrogens is 4. The number of hydrogen-bond acceptors (Lipinski definition) is 6. The average molecular weight is 491 g/mol. The normalized spacial score (nSPS) is 13.8. The van der Waals surface area contributed by atoms with E-state index in [1.54, 1.807) is 12.4 Å². The molecule has 5 rings (SSSR count). The molecule has 0 aliphatic carbocycles. The molecular formula is C25H23ClN6OS. The van der Waals surface area contributed by atoms with Crippen molar-refractivity contribution in [2.75, 3.05) is 36.8 Å². The van der Waals surface area contributed by atoms with E-state index in [1.807, 2.05) is 64.1 Å². The lowest BCUT2D eigenvalue weighted by Gasteiger charge is -2.36. The van der Waals surface area contributed by atoms with Crippen LogP contribution in [-0.4, -0.2) is 62.5 Å². The fraction of sp³-hybridized carbons (Fsp3) is 0.200. The van der Waals surface area contributed by atoms with Crippen LogP contribution in [0.15, 0.2) is 84.3 Å². The maximum Gasteiger partial charge on any atom is 0.233 e. The Morgan fingerprint density at radius 1 is 0.853 bits per heavy atom. The molecule has 2 aromatic heterocycles. The summed E-state index contributed by atoms with van der Waals surface area (Å²) in [6, 6.07) is 21.6. The molecule has 172 valence electrons. The minimum absolute atomic E-state index is 0.105. The summed E-state index contributed by atoms with van der Waals surface area (Å²) in [6.45, 7) is 3.07. The number of benzene rings is 2. The number of pyridine rings is 1. The Balaban J connectivity index is 1.29. The van der Waals surface area contributed by atoms with E-state index in [2.05, 4.69) is 32.2 Å². The molecule has 0 bridgehead atoms. The number of rotatable bonds is 6. The van der Waals surface area contributed by atoms with Gasteiger partial charge < -0.3 is 9.80 Å². The zero-order chi connectivity index (χ0) is 23.3. The van der Waals surface area contributed by atoms with Crippen LogP contribution in [0.3, 0.4) is 0 Å².